The number of rotatable bonds is 0. The molecule has 0 aromatic rings. The van der Waals surface area contributed by atoms with E-state index in [4.69, 9.17) is 4.74 Å². The molecule has 72 valence electrons. The van der Waals surface area contributed by atoms with Gasteiger partial charge in [0.2, 0.25) is 0 Å². The first kappa shape index (κ1) is 9.01. The lowest BCUT2D eigenvalue weighted by Gasteiger charge is -2.38. The van der Waals surface area contributed by atoms with Crippen LogP contribution >= 0.6 is 0 Å². The van der Waals surface area contributed by atoms with Gasteiger partial charge in [0.15, 0.2) is 0 Å². The predicted octanol–water partition coefficient (Wildman–Crippen LogP) is 2.79. The van der Waals surface area contributed by atoms with Gasteiger partial charge in [0.1, 0.15) is 0 Å². The Balaban J connectivity index is 2.28. The third-order valence-corrected chi connectivity index (χ3v) is 3.48. The summed E-state index contributed by atoms with van der Waals surface area (Å²) in [6.45, 7) is 8.63. The van der Waals surface area contributed by atoms with Crippen LogP contribution < -0.4 is 0 Å². The van der Waals surface area contributed by atoms with Gasteiger partial charge < -0.3 is 4.74 Å². The monoisotopic (exact) mass is 178 g/mol. The standard InChI is InChI=1S/C12H18O/c1-8-4-5-11-7-13-6-9(2)12(11)10(8)3/h4-5,9,11-12H,6-7H2,1-3H3/t9-,11?,12?/m1/s1. The average Bonchev–Trinajstić information content (AvgIpc) is 2.12. The fourth-order valence-electron chi connectivity index (χ4n) is 2.60. The van der Waals surface area contributed by atoms with Gasteiger partial charge >= 0.3 is 0 Å². The van der Waals surface area contributed by atoms with Crippen LogP contribution in [-0.4, -0.2) is 13.2 Å². The Labute approximate surface area is 80.5 Å². The van der Waals surface area contributed by atoms with Crippen molar-refractivity contribution in [2.45, 2.75) is 20.8 Å². The molecule has 1 heterocycles. The predicted molar refractivity (Wildman–Crippen MR) is 54.5 cm³/mol. The highest BCUT2D eigenvalue weighted by Crippen LogP contribution is 2.38. The van der Waals surface area contributed by atoms with E-state index < -0.39 is 0 Å². The first-order valence-corrected chi connectivity index (χ1v) is 5.13. The van der Waals surface area contributed by atoms with Gasteiger partial charge in [-0.3, -0.25) is 0 Å². The maximum atomic E-state index is 5.56. The van der Waals surface area contributed by atoms with E-state index in [2.05, 4.69) is 32.9 Å². The zero-order valence-electron chi connectivity index (χ0n) is 8.71. The van der Waals surface area contributed by atoms with Gasteiger partial charge in [-0.25, -0.2) is 0 Å². The topological polar surface area (TPSA) is 9.23 Å². The minimum Gasteiger partial charge on any atom is -0.381 e. The fraction of sp³-hybridized carbons (Fsp3) is 0.667. The summed E-state index contributed by atoms with van der Waals surface area (Å²) in [5.41, 5.74) is 3.03. The van der Waals surface area contributed by atoms with E-state index in [1.165, 1.54) is 5.57 Å². The second kappa shape index (κ2) is 3.30. The van der Waals surface area contributed by atoms with E-state index in [0.717, 1.165) is 19.1 Å². The molecule has 2 rings (SSSR count). The molecule has 0 bridgehead atoms. The largest absolute Gasteiger partial charge is 0.381 e. The lowest BCUT2D eigenvalue weighted by atomic mass is 9.73. The number of fused-ring (bicyclic) bond motifs is 1. The van der Waals surface area contributed by atoms with Gasteiger partial charge in [-0.05, 0) is 25.7 Å². The van der Waals surface area contributed by atoms with E-state index >= 15 is 0 Å². The molecule has 1 nitrogen and oxygen atoms in total. The summed E-state index contributed by atoms with van der Waals surface area (Å²) in [5.74, 6) is 2.05. The molecule has 1 saturated heterocycles. The summed E-state index contributed by atoms with van der Waals surface area (Å²) in [6.07, 6.45) is 4.57. The molecule has 0 amide bonds. The van der Waals surface area contributed by atoms with Crippen molar-refractivity contribution < 1.29 is 4.74 Å². The molecule has 0 spiro atoms. The number of hydrogen-bond donors (Lipinski definition) is 0. The summed E-state index contributed by atoms with van der Waals surface area (Å²) in [4.78, 5) is 0. The molecule has 1 aliphatic heterocycles. The smallest absolute Gasteiger partial charge is 0.0534 e. The van der Waals surface area contributed by atoms with Crippen LogP contribution in [0.4, 0.5) is 0 Å². The Morgan fingerprint density at radius 2 is 2.08 bits per heavy atom. The zero-order chi connectivity index (χ0) is 9.42. The summed E-state index contributed by atoms with van der Waals surface area (Å²) >= 11 is 0. The number of allylic oxidation sites excluding steroid dienone is 3. The molecule has 3 atom stereocenters. The van der Waals surface area contributed by atoms with Crippen molar-refractivity contribution >= 4 is 0 Å². The lowest BCUT2D eigenvalue weighted by Crippen LogP contribution is -2.35. The molecule has 0 radical (unpaired) electrons. The van der Waals surface area contributed by atoms with Crippen LogP contribution in [0.25, 0.3) is 0 Å². The second-order valence-corrected chi connectivity index (χ2v) is 4.43. The van der Waals surface area contributed by atoms with Crippen molar-refractivity contribution in [3.05, 3.63) is 23.3 Å². The molecular weight excluding hydrogens is 160 g/mol. The number of hydrogen-bond acceptors (Lipinski definition) is 1. The van der Waals surface area contributed by atoms with E-state index in [9.17, 15) is 0 Å². The van der Waals surface area contributed by atoms with E-state index in [1.54, 1.807) is 5.57 Å². The Morgan fingerprint density at radius 3 is 2.85 bits per heavy atom. The van der Waals surface area contributed by atoms with E-state index in [1.807, 2.05) is 0 Å². The van der Waals surface area contributed by atoms with Crippen LogP contribution in [0, 0.1) is 17.8 Å². The third kappa shape index (κ3) is 1.46. The van der Waals surface area contributed by atoms with Crippen molar-refractivity contribution in [3.63, 3.8) is 0 Å². The Kier molecular flexibility index (Phi) is 2.29. The van der Waals surface area contributed by atoms with Gasteiger partial charge in [0.25, 0.3) is 0 Å². The minimum absolute atomic E-state index is 0.632. The van der Waals surface area contributed by atoms with Crippen LogP contribution in [0.5, 0.6) is 0 Å². The summed E-state index contributed by atoms with van der Waals surface area (Å²) < 4.78 is 5.56. The van der Waals surface area contributed by atoms with Crippen LogP contribution in [-0.2, 0) is 4.74 Å². The van der Waals surface area contributed by atoms with Crippen molar-refractivity contribution in [3.8, 4) is 0 Å². The number of ether oxygens (including phenoxy) is 1. The van der Waals surface area contributed by atoms with Crippen LogP contribution in [0.15, 0.2) is 23.3 Å². The molecule has 13 heavy (non-hydrogen) atoms. The van der Waals surface area contributed by atoms with Gasteiger partial charge in [0.05, 0.1) is 6.61 Å². The quantitative estimate of drug-likeness (QED) is 0.554. The van der Waals surface area contributed by atoms with Gasteiger partial charge in [-0.2, -0.15) is 0 Å². The third-order valence-electron chi connectivity index (χ3n) is 3.48. The molecule has 1 fully saturated rings. The first-order valence-electron chi connectivity index (χ1n) is 5.13. The Hall–Kier alpha value is -0.560. The molecule has 1 heteroatoms. The van der Waals surface area contributed by atoms with E-state index in [-0.39, 0.29) is 0 Å². The van der Waals surface area contributed by atoms with Crippen LogP contribution in [0.1, 0.15) is 20.8 Å². The highest BCUT2D eigenvalue weighted by atomic mass is 16.5. The Bertz CT molecular complexity index is 262. The zero-order valence-corrected chi connectivity index (χ0v) is 8.71. The minimum atomic E-state index is 0.632. The van der Waals surface area contributed by atoms with Crippen LogP contribution in [0.3, 0.4) is 0 Å². The molecular formula is C12H18O. The summed E-state index contributed by atoms with van der Waals surface area (Å²) in [6, 6.07) is 0. The summed E-state index contributed by atoms with van der Waals surface area (Å²) in [7, 11) is 0. The van der Waals surface area contributed by atoms with E-state index in [0.29, 0.717) is 11.8 Å². The molecule has 0 aromatic heterocycles. The highest BCUT2D eigenvalue weighted by Gasteiger charge is 2.33. The molecule has 0 aromatic carbocycles. The molecule has 2 aliphatic rings. The van der Waals surface area contributed by atoms with Crippen LogP contribution in [0.2, 0.25) is 0 Å². The summed E-state index contributed by atoms with van der Waals surface area (Å²) in [5, 5.41) is 0. The maximum Gasteiger partial charge on any atom is 0.0534 e. The Morgan fingerprint density at radius 1 is 1.31 bits per heavy atom. The van der Waals surface area contributed by atoms with Crippen molar-refractivity contribution in [1.82, 2.24) is 0 Å². The molecule has 2 unspecified atom stereocenters. The SMILES string of the molecule is CC1=C(C)C2C(C=C1)COC[C@H]2C. The highest BCUT2D eigenvalue weighted by molar-refractivity contribution is 5.31. The van der Waals surface area contributed by atoms with Gasteiger partial charge in [0, 0.05) is 12.5 Å². The van der Waals surface area contributed by atoms with Crippen molar-refractivity contribution in [2.75, 3.05) is 13.2 Å². The normalized spacial score (nSPS) is 39.2. The second-order valence-electron chi connectivity index (χ2n) is 4.43. The molecule has 0 saturated carbocycles. The average molecular weight is 178 g/mol. The van der Waals surface area contributed by atoms with Gasteiger partial charge in [-0.1, -0.05) is 30.2 Å². The lowest BCUT2D eigenvalue weighted by molar-refractivity contribution is 0.00557. The van der Waals surface area contributed by atoms with Crippen molar-refractivity contribution in [1.29, 1.82) is 0 Å². The fourth-order valence-corrected chi connectivity index (χ4v) is 2.60. The van der Waals surface area contributed by atoms with Gasteiger partial charge in [-0.15, -0.1) is 0 Å². The molecule has 0 N–H and O–H groups in total. The molecule has 1 aliphatic carbocycles. The van der Waals surface area contributed by atoms with Crippen molar-refractivity contribution in [2.24, 2.45) is 17.8 Å². The first-order chi connectivity index (χ1) is 6.20. The maximum absolute atomic E-state index is 5.56.